The molecule has 1 fully saturated rings. The summed E-state index contributed by atoms with van der Waals surface area (Å²) in [6, 6.07) is 4.36. The molecular weight excluding hydrogens is 160 g/mol. The molecule has 0 spiro atoms. The topological polar surface area (TPSA) is 16.1 Å². The molecule has 4 rings (SSSR count). The minimum Gasteiger partial charge on any atom is -0.370 e. The van der Waals surface area contributed by atoms with Crippen molar-refractivity contribution in [2.75, 3.05) is 18.0 Å². The Balaban J connectivity index is 2.18. The molecular formula is C11H14N2. The van der Waals surface area contributed by atoms with E-state index in [0.717, 1.165) is 11.6 Å². The van der Waals surface area contributed by atoms with E-state index in [1.165, 1.54) is 37.3 Å². The van der Waals surface area contributed by atoms with Gasteiger partial charge in [-0.25, -0.2) is 0 Å². The third kappa shape index (κ3) is 0.978. The quantitative estimate of drug-likeness (QED) is 0.598. The molecule has 1 aromatic heterocycles. The molecule has 2 nitrogen and oxygen atoms in total. The summed E-state index contributed by atoms with van der Waals surface area (Å²) < 4.78 is 0. The first kappa shape index (κ1) is 7.36. The van der Waals surface area contributed by atoms with Gasteiger partial charge in [-0.05, 0) is 31.9 Å². The number of pyridine rings is 1. The van der Waals surface area contributed by atoms with Crippen molar-refractivity contribution in [3.63, 3.8) is 0 Å². The molecule has 0 radical (unpaired) electrons. The summed E-state index contributed by atoms with van der Waals surface area (Å²) in [5.74, 6) is 0.750. The van der Waals surface area contributed by atoms with E-state index in [9.17, 15) is 0 Å². The number of aryl methyl sites for hydroxylation is 1. The maximum atomic E-state index is 4.65. The smallest absolute Gasteiger partial charge is 0.0672 e. The van der Waals surface area contributed by atoms with Crippen LogP contribution < -0.4 is 4.90 Å². The number of hydrogen-bond donors (Lipinski definition) is 0. The van der Waals surface area contributed by atoms with Crippen LogP contribution >= 0.6 is 0 Å². The van der Waals surface area contributed by atoms with Gasteiger partial charge in [0.1, 0.15) is 0 Å². The van der Waals surface area contributed by atoms with Crippen molar-refractivity contribution in [3.8, 4) is 0 Å². The van der Waals surface area contributed by atoms with Gasteiger partial charge in [0, 0.05) is 24.7 Å². The summed E-state index contributed by atoms with van der Waals surface area (Å²) >= 11 is 0. The largest absolute Gasteiger partial charge is 0.370 e. The van der Waals surface area contributed by atoms with Gasteiger partial charge in [-0.2, -0.15) is 0 Å². The van der Waals surface area contributed by atoms with Gasteiger partial charge >= 0.3 is 0 Å². The van der Waals surface area contributed by atoms with E-state index in [4.69, 9.17) is 0 Å². The minimum atomic E-state index is 0.750. The number of nitrogens with zero attached hydrogens (tertiary/aromatic N) is 2. The highest BCUT2D eigenvalue weighted by molar-refractivity contribution is 5.56. The van der Waals surface area contributed by atoms with Crippen LogP contribution in [0.25, 0.3) is 0 Å². The van der Waals surface area contributed by atoms with E-state index < -0.39 is 0 Å². The Bertz CT molecular complexity index is 338. The molecule has 2 heteroatoms. The monoisotopic (exact) mass is 174 g/mol. The van der Waals surface area contributed by atoms with Gasteiger partial charge in [-0.15, -0.1) is 0 Å². The van der Waals surface area contributed by atoms with Crippen molar-refractivity contribution in [1.29, 1.82) is 0 Å². The van der Waals surface area contributed by atoms with Crippen LogP contribution in [0.3, 0.4) is 0 Å². The molecule has 3 aliphatic heterocycles. The first-order valence-corrected chi connectivity index (χ1v) is 5.07. The summed E-state index contributed by atoms with van der Waals surface area (Å²) in [5, 5.41) is 0. The maximum absolute atomic E-state index is 4.65. The number of anilines is 1. The molecule has 68 valence electrons. The lowest BCUT2D eigenvalue weighted by Crippen LogP contribution is -2.39. The van der Waals surface area contributed by atoms with Crippen molar-refractivity contribution in [2.45, 2.75) is 25.7 Å². The SMILES string of the molecule is Cc1ccc2c(n1)C1CCN2CC1. The number of aromatic nitrogens is 1. The van der Waals surface area contributed by atoms with Gasteiger partial charge in [0.25, 0.3) is 0 Å². The zero-order chi connectivity index (χ0) is 8.84. The van der Waals surface area contributed by atoms with Gasteiger partial charge in [-0.3, -0.25) is 4.98 Å². The van der Waals surface area contributed by atoms with Crippen LogP contribution in [0.2, 0.25) is 0 Å². The molecule has 3 aliphatic rings. The summed E-state index contributed by atoms with van der Waals surface area (Å²) in [5.41, 5.74) is 3.91. The van der Waals surface area contributed by atoms with Gasteiger partial charge < -0.3 is 4.90 Å². The fourth-order valence-electron chi connectivity index (χ4n) is 2.53. The van der Waals surface area contributed by atoms with Crippen LogP contribution in [0.5, 0.6) is 0 Å². The van der Waals surface area contributed by atoms with E-state index >= 15 is 0 Å². The Kier molecular flexibility index (Phi) is 1.40. The fourth-order valence-corrected chi connectivity index (χ4v) is 2.53. The molecule has 2 bridgehead atoms. The van der Waals surface area contributed by atoms with Crippen LogP contribution in [0.4, 0.5) is 5.69 Å². The molecule has 0 saturated carbocycles. The lowest BCUT2D eigenvalue weighted by Gasteiger charge is -2.41. The summed E-state index contributed by atoms with van der Waals surface area (Å²) in [6.07, 6.45) is 2.62. The lowest BCUT2D eigenvalue weighted by molar-refractivity contribution is 0.463. The second-order valence-corrected chi connectivity index (χ2v) is 4.12. The number of piperidine rings is 1. The molecule has 0 aromatic carbocycles. The minimum absolute atomic E-state index is 0.750. The molecule has 0 N–H and O–H groups in total. The Hall–Kier alpha value is -1.05. The third-order valence-electron chi connectivity index (χ3n) is 3.26. The molecule has 0 atom stereocenters. The standard InChI is InChI=1S/C11H14N2/c1-8-2-3-10-11(12-8)9-4-6-13(10)7-5-9/h2-3,9H,4-7H2,1H3. The highest BCUT2D eigenvalue weighted by Gasteiger charge is 2.31. The summed E-state index contributed by atoms with van der Waals surface area (Å²) in [7, 11) is 0. The average molecular weight is 174 g/mol. The van der Waals surface area contributed by atoms with Crippen LogP contribution in [0.15, 0.2) is 12.1 Å². The van der Waals surface area contributed by atoms with Crippen molar-refractivity contribution in [2.24, 2.45) is 0 Å². The Morgan fingerprint density at radius 2 is 2.08 bits per heavy atom. The zero-order valence-electron chi connectivity index (χ0n) is 7.95. The van der Waals surface area contributed by atoms with E-state index in [1.54, 1.807) is 0 Å². The van der Waals surface area contributed by atoms with Crippen molar-refractivity contribution in [3.05, 3.63) is 23.5 Å². The Morgan fingerprint density at radius 1 is 1.31 bits per heavy atom. The predicted octanol–water partition coefficient (Wildman–Crippen LogP) is 2.09. The molecule has 0 aliphatic carbocycles. The Morgan fingerprint density at radius 3 is 2.85 bits per heavy atom. The number of fused-ring (bicyclic) bond motifs is 2. The van der Waals surface area contributed by atoms with Crippen LogP contribution in [-0.2, 0) is 0 Å². The van der Waals surface area contributed by atoms with Gasteiger partial charge in [0.05, 0.1) is 11.4 Å². The first-order chi connectivity index (χ1) is 6.34. The number of hydrogen-bond acceptors (Lipinski definition) is 2. The van der Waals surface area contributed by atoms with Gasteiger partial charge in [0.15, 0.2) is 0 Å². The van der Waals surface area contributed by atoms with E-state index in [2.05, 4.69) is 28.9 Å². The third-order valence-corrected chi connectivity index (χ3v) is 3.26. The first-order valence-electron chi connectivity index (χ1n) is 5.07. The molecule has 1 saturated heterocycles. The van der Waals surface area contributed by atoms with Crippen molar-refractivity contribution in [1.82, 2.24) is 4.98 Å². The zero-order valence-corrected chi connectivity index (χ0v) is 7.95. The second kappa shape index (κ2) is 2.47. The van der Waals surface area contributed by atoms with Crippen molar-refractivity contribution >= 4 is 5.69 Å². The molecule has 4 heterocycles. The Labute approximate surface area is 78.6 Å². The lowest BCUT2D eigenvalue weighted by atomic mass is 9.86. The highest BCUT2D eigenvalue weighted by atomic mass is 15.2. The highest BCUT2D eigenvalue weighted by Crippen LogP contribution is 2.40. The molecule has 0 unspecified atom stereocenters. The van der Waals surface area contributed by atoms with Gasteiger partial charge in [0.2, 0.25) is 0 Å². The van der Waals surface area contributed by atoms with E-state index in [0.29, 0.717) is 0 Å². The molecule has 13 heavy (non-hydrogen) atoms. The second-order valence-electron chi connectivity index (χ2n) is 4.12. The normalized spacial score (nSPS) is 20.5. The molecule has 1 aromatic rings. The van der Waals surface area contributed by atoms with E-state index in [1.807, 2.05) is 0 Å². The number of rotatable bonds is 0. The average Bonchev–Trinajstić information content (AvgIpc) is 2.19. The van der Waals surface area contributed by atoms with Gasteiger partial charge in [-0.1, -0.05) is 0 Å². The fraction of sp³-hybridized carbons (Fsp3) is 0.545. The summed E-state index contributed by atoms with van der Waals surface area (Å²) in [4.78, 5) is 7.13. The molecule has 0 amide bonds. The van der Waals surface area contributed by atoms with Crippen LogP contribution in [-0.4, -0.2) is 18.1 Å². The maximum Gasteiger partial charge on any atom is 0.0672 e. The van der Waals surface area contributed by atoms with Crippen LogP contribution in [0.1, 0.15) is 30.1 Å². The van der Waals surface area contributed by atoms with Crippen molar-refractivity contribution < 1.29 is 0 Å². The predicted molar refractivity (Wildman–Crippen MR) is 53.2 cm³/mol. The van der Waals surface area contributed by atoms with E-state index in [-0.39, 0.29) is 0 Å². The summed E-state index contributed by atoms with van der Waals surface area (Å²) in [6.45, 7) is 4.56. The van der Waals surface area contributed by atoms with Crippen LogP contribution in [0, 0.1) is 6.92 Å².